The molecule has 0 radical (unpaired) electrons. The molecule has 0 amide bonds. The van der Waals surface area contributed by atoms with Gasteiger partial charge in [-0.2, -0.15) is 0 Å². The second-order valence-electron chi connectivity index (χ2n) is 0.962. The summed E-state index contributed by atoms with van der Waals surface area (Å²) in [6.45, 7) is -0.661. The van der Waals surface area contributed by atoms with Gasteiger partial charge in [0.05, 0.1) is 6.10 Å². The standard InChI is InChI=1S/C3H6BrFO/c4-1-3(6)2-5/h3,6H,1-2H2/t3-/m1/s1. The zero-order chi connectivity index (χ0) is 4.99. The molecule has 0 aliphatic carbocycles. The van der Waals surface area contributed by atoms with E-state index >= 15 is 0 Å². The molecule has 0 aromatic carbocycles. The summed E-state index contributed by atoms with van der Waals surface area (Å²) in [5.41, 5.74) is 0. The number of hydrogen-bond donors (Lipinski definition) is 1. The Morgan fingerprint density at radius 2 is 2.33 bits per heavy atom. The molecule has 0 aromatic rings. The van der Waals surface area contributed by atoms with Gasteiger partial charge in [-0.1, -0.05) is 15.9 Å². The van der Waals surface area contributed by atoms with E-state index in [0.717, 1.165) is 0 Å². The molecule has 0 saturated carbocycles. The maximum Gasteiger partial charge on any atom is 0.116 e. The average molecular weight is 157 g/mol. The zero-order valence-electron chi connectivity index (χ0n) is 3.19. The molecular weight excluding hydrogens is 151 g/mol. The van der Waals surface area contributed by atoms with Crippen LogP contribution in [0.4, 0.5) is 4.39 Å². The van der Waals surface area contributed by atoms with E-state index in [-0.39, 0.29) is 0 Å². The van der Waals surface area contributed by atoms with Crippen LogP contribution in [0.15, 0.2) is 0 Å². The van der Waals surface area contributed by atoms with Crippen molar-refractivity contribution in [3.8, 4) is 0 Å². The van der Waals surface area contributed by atoms with Crippen molar-refractivity contribution in [2.75, 3.05) is 12.0 Å². The van der Waals surface area contributed by atoms with Crippen LogP contribution in [0.3, 0.4) is 0 Å². The predicted octanol–water partition coefficient (Wildman–Crippen LogP) is 0.712. The molecule has 0 spiro atoms. The van der Waals surface area contributed by atoms with Crippen LogP contribution in [0, 0.1) is 0 Å². The third kappa shape index (κ3) is 2.60. The third-order valence-corrected chi connectivity index (χ3v) is 1.10. The van der Waals surface area contributed by atoms with Crippen molar-refractivity contribution in [3.63, 3.8) is 0 Å². The second-order valence-corrected chi connectivity index (χ2v) is 1.61. The Balaban J connectivity index is 2.75. The van der Waals surface area contributed by atoms with E-state index in [0.29, 0.717) is 5.33 Å². The molecule has 0 bridgehead atoms. The fraction of sp³-hybridized carbons (Fsp3) is 1.00. The van der Waals surface area contributed by atoms with Crippen LogP contribution in [0.5, 0.6) is 0 Å². The van der Waals surface area contributed by atoms with Gasteiger partial charge < -0.3 is 5.11 Å². The van der Waals surface area contributed by atoms with Crippen LogP contribution in [0.25, 0.3) is 0 Å². The van der Waals surface area contributed by atoms with E-state index in [1.165, 1.54) is 0 Å². The Labute approximate surface area is 44.3 Å². The van der Waals surface area contributed by atoms with Crippen molar-refractivity contribution in [1.29, 1.82) is 0 Å². The fourth-order valence-electron chi connectivity index (χ4n) is 0.0412. The molecule has 0 unspecified atom stereocenters. The Kier molecular flexibility index (Phi) is 3.78. The summed E-state index contributed by atoms with van der Waals surface area (Å²) < 4.78 is 11.1. The Bertz CT molecular complexity index is 30.0. The molecule has 0 rings (SSSR count). The average Bonchev–Trinajstić information content (AvgIpc) is 1.65. The van der Waals surface area contributed by atoms with Gasteiger partial charge in [0.2, 0.25) is 0 Å². The molecule has 0 saturated heterocycles. The van der Waals surface area contributed by atoms with Crippen LogP contribution in [0.1, 0.15) is 0 Å². The number of aliphatic hydroxyl groups is 1. The van der Waals surface area contributed by atoms with Crippen molar-refractivity contribution in [2.45, 2.75) is 6.10 Å². The van der Waals surface area contributed by atoms with Gasteiger partial charge in [0, 0.05) is 5.33 Å². The summed E-state index contributed by atoms with van der Waals surface area (Å²) in [6, 6.07) is 0. The minimum absolute atomic E-state index is 0.323. The molecular formula is C3H6BrFO. The summed E-state index contributed by atoms with van der Waals surface area (Å²) in [5.74, 6) is 0. The molecule has 3 heteroatoms. The fourth-order valence-corrected chi connectivity index (χ4v) is 0.214. The SMILES string of the molecule is O[C@@H](CF)CBr. The molecule has 0 aliphatic rings. The summed E-state index contributed by atoms with van der Waals surface area (Å²) in [6.07, 6.45) is -0.815. The van der Waals surface area contributed by atoms with E-state index in [1.807, 2.05) is 0 Å². The van der Waals surface area contributed by atoms with Gasteiger partial charge in [0.15, 0.2) is 0 Å². The maximum absolute atomic E-state index is 11.1. The largest absolute Gasteiger partial charge is 0.390 e. The van der Waals surface area contributed by atoms with Crippen LogP contribution in [-0.4, -0.2) is 23.2 Å². The lowest BCUT2D eigenvalue weighted by atomic mass is 10.5. The summed E-state index contributed by atoms with van der Waals surface area (Å²) >= 11 is 2.88. The number of rotatable bonds is 2. The topological polar surface area (TPSA) is 20.2 Å². The molecule has 38 valence electrons. The van der Waals surface area contributed by atoms with Crippen LogP contribution in [0.2, 0.25) is 0 Å². The highest BCUT2D eigenvalue weighted by molar-refractivity contribution is 9.09. The normalized spacial score (nSPS) is 14.5. The van der Waals surface area contributed by atoms with Gasteiger partial charge in [-0.15, -0.1) is 0 Å². The lowest BCUT2D eigenvalue weighted by Gasteiger charge is -1.94. The first-order chi connectivity index (χ1) is 2.81. The van der Waals surface area contributed by atoms with Crippen molar-refractivity contribution < 1.29 is 9.50 Å². The molecule has 0 aliphatic heterocycles. The molecule has 6 heavy (non-hydrogen) atoms. The lowest BCUT2D eigenvalue weighted by Crippen LogP contribution is -2.08. The molecule has 1 N–H and O–H groups in total. The van der Waals surface area contributed by atoms with E-state index in [4.69, 9.17) is 5.11 Å². The van der Waals surface area contributed by atoms with Crippen molar-refractivity contribution in [1.82, 2.24) is 0 Å². The molecule has 0 fully saturated rings. The van der Waals surface area contributed by atoms with E-state index in [1.54, 1.807) is 0 Å². The predicted molar refractivity (Wildman–Crippen MR) is 25.8 cm³/mol. The lowest BCUT2D eigenvalue weighted by molar-refractivity contribution is 0.163. The van der Waals surface area contributed by atoms with E-state index < -0.39 is 12.8 Å². The van der Waals surface area contributed by atoms with Gasteiger partial charge in [0.25, 0.3) is 0 Å². The maximum atomic E-state index is 11.1. The van der Waals surface area contributed by atoms with Crippen molar-refractivity contribution >= 4 is 15.9 Å². The zero-order valence-corrected chi connectivity index (χ0v) is 4.78. The van der Waals surface area contributed by atoms with E-state index in [9.17, 15) is 4.39 Å². The van der Waals surface area contributed by atoms with E-state index in [2.05, 4.69) is 15.9 Å². The van der Waals surface area contributed by atoms with Gasteiger partial charge in [-0.3, -0.25) is 0 Å². The second kappa shape index (κ2) is 3.56. The van der Waals surface area contributed by atoms with Gasteiger partial charge in [-0.25, -0.2) is 4.39 Å². The summed E-state index contributed by atoms with van der Waals surface area (Å²) in [5, 5.41) is 8.57. The minimum Gasteiger partial charge on any atom is -0.390 e. The molecule has 1 atom stereocenters. The highest BCUT2D eigenvalue weighted by atomic mass is 79.9. The number of halogens is 2. The van der Waals surface area contributed by atoms with Gasteiger partial charge in [0.1, 0.15) is 6.67 Å². The first kappa shape index (κ1) is 6.37. The number of hydrogen-bond acceptors (Lipinski definition) is 1. The third-order valence-electron chi connectivity index (χ3n) is 0.356. The first-order valence-electron chi connectivity index (χ1n) is 1.61. The minimum atomic E-state index is -0.815. The van der Waals surface area contributed by atoms with Gasteiger partial charge in [-0.05, 0) is 0 Å². The quantitative estimate of drug-likeness (QED) is 0.585. The van der Waals surface area contributed by atoms with Gasteiger partial charge >= 0.3 is 0 Å². The Morgan fingerprint density at radius 3 is 2.33 bits per heavy atom. The summed E-state index contributed by atoms with van der Waals surface area (Å²) in [7, 11) is 0. The van der Waals surface area contributed by atoms with Crippen LogP contribution in [-0.2, 0) is 0 Å². The monoisotopic (exact) mass is 156 g/mol. The highest BCUT2D eigenvalue weighted by Crippen LogP contribution is 1.88. The van der Waals surface area contributed by atoms with Crippen LogP contribution >= 0.6 is 15.9 Å². The first-order valence-corrected chi connectivity index (χ1v) is 2.73. The Morgan fingerprint density at radius 1 is 1.83 bits per heavy atom. The number of aliphatic hydroxyl groups excluding tert-OH is 1. The molecule has 0 heterocycles. The summed E-state index contributed by atoms with van der Waals surface area (Å²) in [4.78, 5) is 0. The Hall–Kier alpha value is 0.370. The van der Waals surface area contributed by atoms with Crippen molar-refractivity contribution in [3.05, 3.63) is 0 Å². The smallest absolute Gasteiger partial charge is 0.116 e. The molecule has 1 nitrogen and oxygen atoms in total. The molecule has 0 aromatic heterocycles. The van der Waals surface area contributed by atoms with Crippen molar-refractivity contribution in [2.24, 2.45) is 0 Å². The number of alkyl halides is 2. The highest BCUT2D eigenvalue weighted by Gasteiger charge is 1.95. The van der Waals surface area contributed by atoms with Crippen LogP contribution < -0.4 is 0 Å².